The summed E-state index contributed by atoms with van der Waals surface area (Å²) in [6.45, 7) is 0. The maximum atomic E-state index is 5.74. The number of fused-ring (bicyclic) bond motifs is 3. The summed E-state index contributed by atoms with van der Waals surface area (Å²) in [4.78, 5) is 3.39. The molecule has 1 aliphatic rings. The van der Waals surface area contributed by atoms with Gasteiger partial charge in [0, 0.05) is 16.6 Å². The van der Waals surface area contributed by atoms with E-state index in [2.05, 4.69) is 23.2 Å². The molecular weight excluding hydrogens is 169 g/mol. The molecule has 1 aromatic carbocycles. The van der Waals surface area contributed by atoms with Gasteiger partial charge in [0.25, 0.3) is 0 Å². The van der Waals surface area contributed by atoms with Gasteiger partial charge in [-0.2, -0.15) is 0 Å². The molecule has 2 heteroatoms. The topological polar surface area (TPSA) is 15.8 Å². The van der Waals surface area contributed by atoms with Crippen LogP contribution in [0.3, 0.4) is 0 Å². The number of hydrogen-bond donors (Lipinski definition) is 1. The number of benzene rings is 1. The highest BCUT2D eigenvalue weighted by Gasteiger charge is 2.10. The molecule has 2 aromatic rings. The number of rotatable bonds is 0. The minimum atomic E-state index is 0.820. The second kappa shape index (κ2) is 2.78. The number of nitrogens with one attached hydrogen (secondary N) is 1. The van der Waals surface area contributed by atoms with Crippen molar-refractivity contribution in [3.8, 4) is 0 Å². The van der Waals surface area contributed by atoms with Gasteiger partial charge in [0.1, 0.15) is 7.85 Å². The fraction of sp³-hybridized carbons (Fsp3) is 0.167. The predicted octanol–water partition coefficient (Wildman–Crippen LogP) is 1.92. The van der Waals surface area contributed by atoms with Gasteiger partial charge < -0.3 is 4.98 Å². The summed E-state index contributed by atoms with van der Waals surface area (Å²) < 4.78 is 0. The Hall–Kier alpha value is -1.44. The van der Waals surface area contributed by atoms with Crippen LogP contribution in [0.15, 0.2) is 24.3 Å². The lowest BCUT2D eigenvalue weighted by molar-refractivity contribution is 0.992. The van der Waals surface area contributed by atoms with Crippen molar-refractivity contribution in [1.82, 2.24) is 4.98 Å². The third kappa shape index (κ3) is 1.03. The molecule has 0 aliphatic heterocycles. The summed E-state index contributed by atoms with van der Waals surface area (Å²) in [5.41, 5.74) is 4.65. The van der Waals surface area contributed by atoms with Gasteiger partial charge in [-0.25, -0.2) is 0 Å². The molecule has 1 aromatic heterocycles. The van der Waals surface area contributed by atoms with Crippen LogP contribution in [0.25, 0.3) is 17.0 Å². The molecule has 66 valence electrons. The first kappa shape index (κ1) is 7.92. The molecule has 2 radical (unpaired) electrons. The summed E-state index contributed by atoms with van der Waals surface area (Å²) in [6.07, 6.45) is 6.65. The van der Waals surface area contributed by atoms with Crippen LogP contribution in [0.1, 0.15) is 17.7 Å². The largest absolute Gasteiger partial charge is 0.355 e. The molecule has 0 spiro atoms. The average Bonchev–Trinajstić information content (AvgIpc) is 2.54. The lowest BCUT2D eigenvalue weighted by Crippen LogP contribution is -1.99. The minimum absolute atomic E-state index is 0.820. The highest BCUT2D eigenvalue weighted by Crippen LogP contribution is 2.26. The number of H-pyrrole nitrogens is 1. The summed E-state index contributed by atoms with van der Waals surface area (Å²) >= 11 is 0. The smallest absolute Gasteiger partial charge is 0.113 e. The Labute approximate surface area is 84.2 Å². The average molecular weight is 179 g/mol. The molecule has 0 unspecified atom stereocenters. The van der Waals surface area contributed by atoms with Crippen molar-refractivity contribution in [2.45, 2.75) is 12.8 Å². The number of aromatic nitrogens is 1. The summed E-state index contributed by atoms with van der Waals surface area (Å²) in [6, 6.07) is 6.08. The Bertz CT molecular complexity index is 522. The molecule has 1 aliphatic carbocycles. The Kier molecular flexibility index (Phi) is 1.57. The van der Waals surface area contributed by atoms with Crippen molar-refractivity contribution in [2.24, 2.45) is 0 Å². The van der Waals surface area contributed by atoms with E-state index in [0.717, 1.165) is 23.8 Å². The first-order valence-corrected chi connectivity index (χ1v) is 4.91. The Morgan fingerprint density at radius 3 is 3.14 bits per heavy atom. The molecular formula is C12H10BN. The van der Waals surface area contributed by atoms with Gasteiger partial charge in [0.05, 0.1) is 0 Å². The fourth-order valence-corrected chi connectivity index (χ4v) is 2.13. The van der Waals surface area contributed by atoms with Gasteiger partial charge >= 0.3 is 0 Å². The van der Waals surface area contributed by atoms with Gasteiger partial charge in [-0.1, -0.05) is 23.7 Å². The van der Waals surface area contributed by atoms with Crippen LogP contribution in [0.5, 0.6) is 0 Å². The SMILES string of the molecule is [B]c1ccc2c3c([nH]c2c1)C=CCC3. The first-order chi connectivity index (χ1) is 6.84. The monoisotopic (exact) mass is 179 g/mol. The molecule has 1 nitrogen and oxygen atoms in total. The third-order valence-electron chi connectivity index (χ3n) is 2.81. The van der Waals surface area contributed by atoms with Crippen molar-refractivity contribution in [3.63, 3.8) is 0 Å². The minimum Gasteiger partial charge on any atom is -0.355 e. The van der Waals surface area contributed by atoms with Gasteiger partial charge in [0.15, 0.2) is 0 Å². The molecule has 0 saturated carbocycles. The Morgan fingerprint density at radius 2 is 2.21 bits per heavy atom. The highest BCUT2D eigenvalue weighted by molar-refractivity contribution is 6.33. The van der Waals surface area contributed by atoms with Crippen LogP contribution < -0.4 is 5.46 Å². The molecule has 0 bridgehead atoms. The summed E-state index contributed by atoms with van der Waals surface area (Å²) in [5.74, 6) is 0. The van der Waals surface area contributed by atoms with E-state index < -0.39 is 0 Å². The van der Waals surface area contributed by atoms with E-state index in [4.69, 9.17) is 7.85 Å². The van der Waals surface area contributed by atoms with Crippen molar-refractivity contribution in [1.29, 1.82) is 0 Å². The number of aryl methyl sites for hydroxylation is 1. The van der Waals surface area contributed by atoms with E-state index in [1.165, 1.54) is 16.6 Å². The van der Waals surface area contributed by atoms with Gasteiger partial charge in [-0.05, 0) is 30.5 Å². The van der Waals surface area contributed by atoms with E-state index in [9.17, 15) is 0 Å². The highest BCUT2D eigenvalue weighted by atomic mass is 14.7. The molecule has 3 rings (SSSR count). The molecule has 0 saturated heterocycles. The number of allylic oxidation sites excluding steroid dienone is 1. The van der Waals surface area contributed by atoms with Gasteiger partial charge in [-0.15, -0.1) is 0 Å². The normalized spacial score (nSPS) is 14.6. The quantitative estimate of drug-likeness (QED) is 0.594. The molecule has 0 fully saturated rings. The molecule has 0 atom stereocenters. The van der Waals surface area contributed by atoms with E-state index >= 15 is 0 Å². The maximum Gasteiger partial charge on any atom is 0.113 e. The van der Waals surface area contributed by atoms with Gasteiger partial charge in [-0.3, -0.25) is 0 Å². The van der Waals surface area contributed by atoms with Crippen LogP contribution in [-0.4, -0.2) is 12.8 Å². The molecule has 1 N–H and O–H groups in total. The molecule has 14 heavy (non-hydrogen) atoms. The van der Waals surface area contributed by atoms with Crippen LogP contribution in [0.4, 0.5) is 0 Å². The maximum absolute atomic E-state index is 5.74. The van der Waals surface area contributed by atoms with E-state index in [-0.39, 0.29) is 0 Å². The van der Waals surface area contributed by atoms with Crippen molar-refractivity contribution < 1.29 is 0 Å². The van der Waals surface area contributed by atoms with Crippen LogP contribution in [0.2, 0.25) is 0 Å². The van der Waals surface area contributed by atoms with Crippen LogP contribution >= 0.6 is 0 Å². The van der Waals surface area contributed by atoms with E-state index in [1.54, 1.807) is 0 Å². The third-order valence-corrected chi connectivity index (χ3v) is 2.81. The van der Waals surface area contributed by atoms with Crippen molar-refractivity contribution in [2.75, 3.05) is 0 Å². The zero-order chi connectivity index (χ0) is 9.54. The van der Waals surface area contributed by atoms with Crippen LogP contribution in [0, 0.1) is 0 Å². The van der Waals surface area contributed by atoms with Crippen LogP contribution in [-0.2, 0) is 6.42 Å². The Balaban J connectivity index is 2.37. The zero-order valence-corrected chi connectivity index (χ0v) is 7.88. The molecule has 1 heterocycles. The second-order valence-corrected chi connectivity index (χ2v) is 3.76. The molecule has 0 amide bonds. The van der Waals surface area contributed by atoms with Gasteiger partial charge in [0.2, 0.25) is 0 Å². The summed E-state index contributed by atoms with van der Waals surface area (Å²) in [5, 5.41) is 1.32. The standard InChI is InChI=1S/C12H10BN/c13-8-5-6-10-9-3-1-2-4-11(9)14-12(10)7-8/h2,4-7,14H,1,3H2. The first-order valence-electron chi connectivity index (χ1n) is 4.91. The zero-order valence-electron chi connectivity index (χ0n) is 7.88. The van der Waals surface area contributed by atoms with E-state index in [0.29, 0.717) is 0 Å². The number of hydrogen-bond acceptors (Lipinski definition) is 0. The van der Waals surface area contributed by atoms with E-state index in [1.807, 2.05) is 12.1 Å². The lowest BCUT2D eigenvalue weighted by Gasteiger charge is -2.03. The van der Waals surface area contributed by atoms with Crippen molar-refractivity contribution in [3.05, 3.63) is 35.5 Å². The fourth-order valence-electron chi connectivity index (χ4n) is 2.13. The number of aromatic amines is 1. The Morgan fingerprint density at radius 1 is 1.29 bits per heavy atom. The second-order valence-electron chi connectivity index (χ2n) is 3.76. The van der Waals surface area contributed by atoms with Crippen molar-refractivity contribution >= 4 is 30.3 Å². The lowest BCUT2D eigenvalue weighted by atomic mass is 9.94. The predicted molar refractivity (Wildman–Crippen MR) is 61.0 cm³/mol. The summed E-state index contributed by atoms with van der Waals surface area (Å²) in [7, 11) is 5.74.